The number of guanidine groups is 2. The molecule has 25 nitrogen and oxygen atoms in total. The molecule has 0 bridgehead atoms. The van der Waals surface area contributed by atoms with Gasteiger partial charge in [0.05, 0.1) is 13.0 Å². The molecule has 1 saturated heterocycles. The van der Waals surface area contributed by atoms with Crippen LogP contribution >= 0.6 is 21.6 Å². The number of hydrogen-bond donors (Lipinski definition) is 13. The Balaban J connectivity index is 1.79. The van der Waals surface area contributed by atoms with Gasteiger partial charge in [-0.1, -0.05) is 97.2 Å². The van der Waals surface area contributed by atoms with Crippen molar-refractivity contribution in [1.29, 1.82) is 0 Å². The molecule has 7 atom stereocenters. The van der Waals surface area contributed by atoms with Crippen molar-refractivity contribution in [3.63, 3.8) is 0 Å². The number of ether oxygens (including phenoxy) is 1. The molecule has 0 unspecified atom stereocenters. The van der Waals surface area contributed by atoms with E-state index in [1.165, 1.54) is 21.6 Å². The number of hydrogen-bond acceptors (Lipinski definition) is 14. The maximum absolute atomic E-state index is 14.6. The van der Waals surface area contributed by atoms with Gasteiger partial charge in [-0.2, -0.15) is 0 Å². The number of nitrogens with two attached hydrogens (primary N) is 6. The number of nitrogens with zero attached hydrogens (tertiary/aromatic N) is 2. The van der Waals surface area contributed by atoms with E-state index in [9.17, 15) is 43.2 Å². The summed E-state index contributed by atoms with van der Waals surface area (Å²) in [4.78, 5) is 134. The predicted octanol–water partition coefficient (Wildman–Crippen LogP) is -1.12. The van der Waals surface area contributed by atoms with Crippen molar-refractivity contribution in [2.45, 2.75) is 151 Å². The van der Waals surface area contributed by atoms with Gasteiger partial charge in [-0.25, -0.2) is 0 Å². The Bertz CT molecular complexity index is 2450. The first kappa shape index (κ1) is 64.2. The largest absolute Gasteiger partial charge is 0.494 e. The number of carbonyl (C=O) groups is 9. The first-order valence-corrected chi connectivity index (χ1v) is 28.8. The van der Waals surface area contributed by atoms with Gasteiger partial charge in [-0.3, -0.25) is 53.1 Å². The van der Waals surface area contributed by atoms with Gasteiger partial charge in [-0.05, 0) is 74.6 Å². The third-order valence-electron chi connectivity index (χ3n) is 13.1. The van der Waals surface area contributed by atoms with Gasteiger partial charge in [0.1, 0.15) is 48.0 Å². The fourth-order valence-corrected chi connectivity index (χ4v) is 12.3. The Morgan fingerprint density at radius 3 is 1.81 bits per heavy atom. The van der Waals surface area contributed by atoms with Crippen LogP contribution in [0, 0.1) is 5.92 Å². The van der Waals surface area contributed by atoms with Crippen molar-refractivity contribution in [3.05, 3.63) is 65.7 Å². The van der Waals surface area contributed by atoms with Crippen molar-refractivity contribution in [1.82, 2.24) is 37.2 Å². The molecule has 1 saturated carbocycles. The van der Waals surface area contributed by atoms with E-state index in [0.29, 0.717) is 36.3 Å². The van der Waals surface area contributed by atoms with Gasteiger partial charge in [0.2, 0.25) is 53.2 Å². The summed E-state index contributed by atoms with van der Waals surface area (Å²) < 4.78 is 4.90. The van der Waals surface area contributed by atoms with Crippen LogP contribution in [0.15, 0.2) is 64.6 Å². The zero-order chi connectivity index (χ0) is 58.1. The van der Waals surface area contributed by atoms with Gasteiger partial charge in [0, 0.05) is 42.9 Å². The molecule has 19 N–H and O–H groups in total. The highest BCUT2D eigenvalue weighted by molar-refractivity contribution is 8.77. The molecule has 1 spiro atoms. The molecule has 4 rings (SSSR count). The molecule has 0 aromatic heterocycles. The predicted molar refractivity (Wildman–Crippen MR) is 303 cm³/mol. The number of rotatable bonds is 22. The minimum atomic E-state index is -1.69. The number of primary amides is 2. The van der Waals surface area contributed by atoms with Gasteiger partial charge >= 0.3 is 0 Å². The normalized spacial score (nSPS) is 21.3. The lowest BCUT2D eigenvalue weighted by molar-refractivity contribution is -0.136. The molecule has 79 heavy (non-hydrogen) atoms. The average molecular weight is 1140 g/mol. The molecule has 2 aromatic rings. The summed E-state index contributed by atoms with van der Waals surface area (Å²) in [5.74, 6) is -7.93. The van der Waals surface area contributed by atoms with Crippen LogP contribution in [0.5, 0.6) is 5.75 Å². The molecule has 2 fully saturated rings. The highest BCUT2D eigenvalue weighted by Crippen LogP contribution is 2.48. The lowest BCUT2D eigenvalue weighted by Crippen LogP contribution is -2.61. The van der Waals surface area contributed by atoms with E-state index in [-0.39, 0.29) is 75.7 Å². The molecule has 2 aliphatic rings. The minimum Gasteiger partial charge on any atom is -0.494 e. The highest BCUT2D eigenvalue weighted by Gasteiger charge is 2.40. The fraction of sp³-hybridized carbons (Fsp3) is 0.558. The summed E-state index contributed by atoms with van der Waals surface area (Å²) in [6, 6.07) is 6.38. The van der Waals surface area contributed by atoms with E-state index in [0.717, 1.165) is 19.3 Å². The number of amides is 9. The summed E-state index contributed by atoms with van der Waals surface area (Å²) in [5, 5.41) is 19.0. The van der Waals surface area contributed by atoms with Crippen molar-refractivity contribution in [2.24, 2.45) is 50.3 Å². The summed E-state index contributed by atoms with van der Waals surface area (Å²) in [5.41, 5.74) is 34.6. The topological polar surface area (TPSA) is 428 Å². The van der Waals surface area contributed by atoms with Crippen molar-refractivity contribution in [3.8, 4) is 5.75 Å². The molecule has 1 heterocycles. The van der Waals surface area contributed by atoms with Gasteiger partial charge in [0.25, 0.3) is 0 Å². The monoisotopic (exact) mass is 1140 g/mol. The Morgan fingerprint density at radius 1 is 0.684 bits per heavy atom. The van der Waals surface area contributed by atoms with Crippen LogP contribution in [-0.4, -0.2) is 138 Å². The van der Waals surface area contributed by atoms with Crippen molar-refractivity contribution in [2.75, 3.05) is 25.4 Å². The maximum Gasteiger partial charge on any atom is 0.244 e. The molecule has 2 aromatic carbocycles. The Kier molecular flexibility index (Phi) is 26.5. The lowest BCUT2D eigenvalue weighted by atomic mass is 9.85. The van der Waals surface area contributed by atoms with Crippen LogP contribution < -0.4 is 76.4 Å². The third-order valence-corrected chi connectivity index (χ3v) is 16.4. The first-order valence-electron chi connectivity index (χ1n) is 26.4. The van der Waals surface area contributed by atoms with Crippen LogP contribution in [0.2, 0.25) is 0 Å². The van der Waals surface area contributed by atoms with E-state index in [4.69, 9.17) is 39.1 Å². The smallest absolute Gasteiger partial charge is 0.244 e. The van der Waals surface area contributed by atoms with Crippen molar-refractivity contribution < 1.29 is 47.9 Å². The van der Waals surface area contributed by atoms with Gasteiger partial charge in [-0.15, -0.1) is 0 Å². The van der Waals surface area contributed by atoms with E-state index in [2.05, 4.69) is 47.2 Å². The number of nitrogens with one attached hydrogen (secondary N) is 7. The average Bonchev–Trinajstić information content (AvgIpc) is 3.39. The zero-order valence-corrected chi connectivity index (χ0v) is 46.7. The molecule has 27 heteroatoms. The summed E-state index contributed by atoms with van der Waals surface area (Å²) in [7, 11) is 2.51. The second-order valence-corrected chi connectivity index (χ2v) is 22.7. The van der Waals surface area contributed by atoms with Gasteiger partial charge < -0.3 is 76.4 Å². The second-order valence-electron chi connectivity index (χ2n) is 19.9. The molecule has 0 radical (unpaired) electrons. The standard InChI is InChI=1S/C52H79N15O10S2/c1-4-77-33-19-17-32(18-20-33)26-36-45(72)64-37(25-31-13-7-5-8-14-31)47(74)67-42(30(2)3)49(76)65-38(27-40(53)68)46(73)66-39(29-78-79-52(28-41(69)61-36)21-9-6-10-22-52)48(75)63-35(16-12-24-60-51(57)58)44(71)62-34(43(54)70)15-11-23-59-50(55)56/h5,7-8,13-14,17-20,30,34-39,42H,4,6,9-12,15-16,21-29H2,1-3H3,(H2,53,68)(H2,54,70)(H,61,69)(H,62,71)(H,63,75)(H,64,72)(H,65,76)(H,66,73)(H,67,74)(H4,55,56,59)(H4,57,58,60)/t34-,35+,36-,37+,38+,39-,42+/m1/s1. The van der Waals surface area contributed by atoms with Gasteiger partial charge in [0.15, 0.2) is 11.9 Å². The summed E-state index contributed by atoms with van der Waals surface area (Å²) in [6.07, 6.45) is 3.17. The number of benzene rings is 2. The number of carbonyl (C=O) groups excluding carboxylic acids is 9. The molecular formula is C52H79N15O10S2. The van der Waals surface area contributed by atoms with E-state index < -0.39 is 113 Å². The number of aliphatic imine (C=N–C) groups is 2. The van der Waals surface area contributed by atoms with E-state index in [1.54, 1.807) is 68.4 Å². The fourth-order valence-electron chi connectivity index (χ4n) is 8.94. The van der Waals surface area contributed by atoms with Crippen LogP contribution in [-0.2, 0) is 56.0 Å². The molecule has 9 amide bonds. The third kappa shape index (κ3) is 22.5. The van der Waals surface area contributed by atoms with Crippen LogP contribution in [0.4, 0.5) is 0 Å². The maximum atomic E-state index is 14.6. The quantitative estimate of drug-likeness (QED) is 0.0287. The highest BCUT2D eigenvalue weighted by atomic mass is 33.1. The second kappa shape index (κ2) is 32.6. The first-order chi connectivity index (χ1) is 37.6. The minimum absolute atomic E-state index is 0.0209. The van der Waals surface area contributed by atoms with Crippen molar-refractivity contribution >= 4 is 86.7 Å². The Labute approximate surface area is 468 Å². The molecule has 434 valence electrons. The van der Waals surface area contributed by atoms with E-state index in [1.807, 2.05) is 6.92 Å². The summed E-state index contributed by atoms with van der Waals surface area (Å²) in [6.45, 7) is 5.74. The molecule has 1 aliphatic heterocycles. The molecular weight excluding hydrogens is 1060 g/mol. The summed E-state index contributed by atoms with van der Waals surface area (Å²) >= 11 is 0. The van der Waals surface area contributed by atoms with Crippen LogP contribution in [0.25, 0.3) is 0 Å². The zero-order valence-electron chi connectivity index (χ0n) is 45.1. The van der Waals surface area contributed by atoms with E-state index >= 15 is 0 Å². The molecule has 1 aliphatic carbocycles. The Morgan fingerprint density at radius 2 is 1.24 bits per heavy atom. The van der Waals surface area contributed by atoms with Crippen LogP contribution in [0.3, 0.4) is 0 Å². The van der Waals surface area contributed by atoms with Crippen LogP contribution in [0.1, 0.15) is 103 Å². The SMILES string of the molecule is CCOc1ccc(C[C@H]2NC(=O)CC3(CCCCC3)SSC[C@H](C(=O)N[C@@H](CCCN=C(N)N)C(=O)N[C@H](CCCN=C(N)N)C(N)=O)NC(=O)[C@H](CC(N)=O)NC(=O)[C@H](C(C)C)NC(=O)[C@H](Cc3ccccc3)NC2=O)cc1. The Hall–Kier alpha value is -7.29. The lowest BCUT2D eigenvalue weighted by Gasteiger charge is -2.36.